The number of hydrogen-bond acceptors (Lipinski definition) is 4. The molecule has 1 unspecified atom stereocenters. The van der Waals surface area contributed by atoms with E-state index in [0.29, 0.717) is 0 Å². The van der Waals surface area contributed by atoms with Crippen molar-refractivity contribution >= 4 is 17.0 Å². The number of fused-ring (bicyclic) bond motifs is 1. The molecule has 100 valence electrons. The lowest BCUT2D eigenvalue weighted by Gasteiger charge is -2.25. The number of carbonyl (C=O) groups excluding carboxylic acids is 1. The van der Waals surface area contributed by atoms with Gasteiger partial charge in [-0.25, -0.2) is 4.98 Å². The van der Waals surface area contributed by atoms with Crippen LogP contribution < -0.4 is 5.32 Å². The van der Waals surface area contributed by atoms with E-state index in [1.807, 2.05) is 25.2 Å². The van der Waals surface area contributed by atoms with Crippen molar-refractivity contribution in [3.8, 4) is 0 Å². The van der Waals surface area contributed by atoms with Crippen molar-refractivity contribution in [2.75, 3.05) is 14.2 Å². The van der Waals surface area contributed by atoms with E-state index >= 15 is 0 Å². The Bertz CT molecular complexity index is 616. The van der Waals surface area contributed by atoms with Crippen molar-refractivity contribution in [3.63, 3.8) is 0 Å². The highest BCUT2D eigenvalue weighted by molar-refractivity contribution is 5.82. The molecule has 0 spiro atoms. The second-order valence-corrected chi connectivity index (χ2v) is 5.05. The summed E-state index contributed by atoms with van der Waals surface area (Å²) < 4.78 is 4.96. The Morgan fingerprint density at radius 1 is 1.53 bits per heavy atom. The summed E-state index contributed by atoms with van der Waals surface area (Å²) in [6.45, 7) is 0. The van der Waals surface area contributed by atoms with Crippen molar-refractivity contribution in [1.29, 1.82) is 0 Å². The molecule has 2 N–H and O–H groups in total. The molecule has 5 heteroatoms. The van der Waals surface area contributed by atoms with Gasteiger partial charge in [0.05, 0.1) is 29.9 Å². The standard InChI is InChI=1S/C14H17N3O2/c1-15-12(14(5-6-14)13(18)19-2)9-3-4-10-11(7-9)17-8-16-10/h3-4,7-8,12,15H,5-6H2,1-2H3,(H,16,17). The molecular weight excluding hydrogens is 242 g/mol. The molecule has 1 heterocycles. The number of H-pyrrole nitrogens is 1. The van der Waals surface area contributed by atoms with Gasteiger partial charge in [-0.3, -0.25) is 4.79 Å². The molecule has 2 aromatic rings. The zero-order valence-corrected chi connectivity index (χ0v) is 11.1. The second-order valence-electron chi connectivity index (χ2n) is 5.05. The van der Waals surface area contributed by atoms with E-state index in [4.69, 9.17) is 4.74 Å². The number of ether oxygens (including phenoxy) is 1. The van der Waals surface area contributed by atoms with Gasteiger partial charge in [0.1, 0.15) is 0 Å². The highest BCUT2D eigenvalue weighted by Gasteiger charge is 2.56. The summed E-state index contributed by atoms with van der Waals surface area (Å²) in [7, 11) is 3.33. The van der Waals surface area contributed by atoms with Gasteiger partial charge in [-0.2, -0.15) is 0 Å². The maximum atomic E-state index is 12.0. The molecule has 5 nitrogen and oxygen atoms in total. The van der Waals surface area contributed by atoms with Crippen LogP contribution in [0.5, 0.6) is 0 Å². The van der Waals surface area contributed by atoms with Gasteiger partial charge in [0.15, 0.2) is 0 Å². The highest BCUT2D eigenvalue weighted by atomic mass is 16.5. The van der Waals surface area contributed by atoms with Gasteiger partial charge in [-0.15, -0.1) is 0 Å². The smallest absolute Gasteiger partial charge is 0.313 e. The fourth-order valence-electron chi connectivity index (χ4n) is 2.84. The quantitative estimate of drug-likeness (QED) is 0.821. The third-order valence-corrected chi connectivity index (χ3v) is 4.00. The Morgan fingerprint density at radius 3 is 2.95 bits per heavy atom. The lowest BCUT2D eigenvalue weighted by atomic mass is 9.90. The SMILES string of the molecule is CNC(c1ccc2nc[nH]c2c1)C1(C(=O)OC)CC1. The third kappa shape index (κ3) is 1.81. The van der Waals surface area contributed by atoms with Gasteiger partial charge >= 0.3 is 5.97 Å². The number of imidazole rings is 1. The average molecular weight is 259 g/mol. The molecule has 1 aromatic heterocycles. The lowest BCUT2D eigenvalue weighted by Crippen LogP contribution is -2.33. The summed E-state index contributed by atoms with van der Waals surface area (Å²) in [4.78, 5) is 19.3. The number of nitrogens with zero attached hydrogens (tertiary/aromatic N) is 1. The Kier molecular flexibility index (Phi) is 2.78. The van der Waals surface area contributed by atoms with E-state index in [-0.39, 0.29) is 12.0 Å². The zero-order valence-electron chi connectivity index (χ0n) is 11.1. The van der Waals surface area contributed by atoms with Crippen LogP contribution in [-0.4, -0.2) is 30.1 Å². The molecule has 0 radical (unpaired) electrons. The van der Waals surface area contributed by atoms with Crippen molar-refractivity contribution < 1.29 is 9.53 Å². The highest BCUT2D eigenvalue weighted by Crippen LogP contribution is 2.55. The van der Waals surface area contributed by atoms with Crippen LogP contribution in [0.15, 0.2) is 24.5 Å². The van der Waals surface area contributed by atoms with E-state index in [9.17, 15) is 4.79 Å². The third-order valence-electron chi connectivity index (χ3n) is 4.00. The monoisotopic (exact) mass is 259 g/mol. The number of hydrogen-bond donors (Lipinski definition) is 2. The van der Waals surface area contributed by atoms with E-state index in [0.717, 1.165) is 29.4 Å². The summed E-state index contributed by atoms with van der Waals surface area (Å²) in [5.74, 6) is -0.128. The molecule has 0 saturated heterocycles. The minimum atomic E-state index is -0.406. The molecule has 1 atom stereocenters. The van der Waals surface area contributed by atoms with Crippen molar-refractivity contribution in [1.82, 2.24) is 15.3 Å². The minimum absolute atomic E-state index is 0.0207. The minimum Gasteiger partial charge on any atom is -0.469 e. The van der Waals surface area contributed by atoms with Crippen LogP contribution in [0.25, 0.3) is 11.0 Å². The second kappa shape index (κ2) is 4.35. The largest absolute Gasteiger partial charge is 0.469 e. The van der Waals surface area contributed by atoms with E-state index in [1.165, 1.54) is 7.11 Å². The number of methoxy groups -OCH3 is 1. The maximum absolute atomic E-state index is 12.0. The average Bonchev–Trinajstić information content (AvgIpc) is 3.09. The van der Waals surface area contributed by atoms with Gasteiger partial charge < -0.3 is 15.0 Å². The Hall–Kier alpha value is -1.88. The molecule has 1 aromatic carbocycles. The van der Waals surface area contributed by atoms with Crippen molar-refractivity contribution in [2.24, 2.45) is 5.41 Å². The summed E-state index contributed by atoms with van der Waals surface area (Å²) in [5, 5.41) is 3.26. The van der Waals surface area contributed by atoms with E-state index in [1.54, 1.807) is 6.33 Å². The van der Waals surface area contributed by atoms with Crippen LogP contribution in [0.3, 0.4) is 0 Å². The number of esters is 1. The topological polar surface area (TPSA) is 67.0 Å². The number of benzene rings is 1. The normalized spacial score (nSPS) is 18.2. The van der Waals surface area contributed by atoms with Gasteiger partial charge in [0.2, 0.25) is 0 Å². The van der Waals surface area contributed by atoms with Crippen LogP contribution in [0.1, 0.15) is 24.4 Å². The molecule has 3 rings (SSSR count). The summed E-state index contributed by atoms with van der Waals surface area (Å²) in [6, 6.07) is 6.02. The molecule has 1 fully saturated rings. The van der Waals surface area contributed by atoms with Gasteiger partial charge in [0, 0.05) is 6.04 Å². The van der Waals surface area contributed by atoms with Crippen LogP contribution in [-0.2, 0) is 9.53 Å². The molecule has 19 heavy (non-hydrogen) atoms. The number of aromatic amines is 1. The lowest BCUT2D eigenvalue weighted by molar-refractivity contribution is -0.148. The van der Waals surface area contributed by atoms with E-state index in [2.05, 4.69) is 15.3 Å². The Labute approximate surface area is 111 Å². The first kappa shape index (κ1) is 12.2. The molecule has 0 aliphatic heterocycles. The van der Waals surface area contributed by atoms with Crippen LogP contribution in [0.4, 0.5) is 0 Å². The van der Waals surface area contributed by atoms with Crippen molar-refractivity contribution in [3.05, 3.63) is 30.1 Å². The molecule has 1 aliphatic carbocycles. The number of aromatic nitrogens is 2. The van der Waals surface area contributed by atoms with Gasteiger partial charge in [-0.05, 0) is 37.6 Å². The summed E-state index contributed by atoms with van der Waals surface area (Å²) >= 11 is 0. The number of carbonyl (C=O) groups is 1. The van der Waals surface area contributed by atoms with Gasteiger partial charge in [-0.1, -0.05) is 6.07 Å². The van der Waals surface area contributed by atoms with Crippen LogP contribution in [0, 0.1) is 5.41 Å². The van der Waals surface area contributed by atoms with E-state index < -0.39 is 5.41 Å². The summed E-state index contributed by atoms with van der Waals surface area (Å²) in [6.07, 6.45) is 3.41. The first-order valence-corrected chi connectivity index (χ1v) is 6.40. The molecule has 0 bridgehead atoms. The Morgan fingerprint density at radius 2 is 2.32 bits per heavy atom. The Balaban J connectivity index is 2.00. The first-order chi connectivity index (χ1) is 9.21. The fraction of sp³-hybridized carbons (Fsp3) is 0.429. The van der Waals surface area contributed by atoms with Crippen LogP contribution in [0.2, 0.25) is 0 Å². The first-order valence-electron chi connectivity index (χ1n) is 6.40. The maximum Gasteiger partial charge on any atom is 0.313 e. The molecule has 1 aliphatic rings. The molecule has 1 saturated carbocycles. The summed E-state index contributed by atoms with van der Waals surface area (Å²) in [5.41, 5.74) is 2.60. The van der Waals surface area contributed by atoms with Crippen LogP contribution >= 0.6 is 0 Å². The number of nitrogens with one attached hydrogen (secondary N) is 2. The zero-order chi connectivity index (χ0) is 13.5. The molecular formula is C14H17N3O2. The van der Waals surface area contributed by atoms with Gasteiger partial charge in [0.25, 0.3) is 0 Å². The molecule has 0 amide bonds. The predicted molar refractivity (Wildman–Crippen MR) is 71.6 cm³/mol. The number of rotatable bonds is 4. The van der Waals surface area contributed by atoms with Crippen molar-refractivity contribution in [2.45, 2.75) is 18.9 Å². The fourth-order valence-corrected chi connectivity index (χ4v) is 2.84. The predicted octanol–water partition coefficient (Wildman–Crippen LogP) is 1.78.